The van der Waals surface area contributed by atoms with Gasteiger partial charge in [0.05, 0.1) is 0 Å². The summed E-state index contributed by atoms with van der Waals surface area (Å²) in [5, 5.41) is 12.6. The molecule has 0 atom stereocenters. The topological polar surface area (TPSA) is 49.3 Å². The van der Waals surface area contributed by atoms with Crippen LogP contribution in [0.4, 0.5) is 0 Å². The molecule has 1 aliphatic rings. The third-order valence-corrected chi connectivity index (χ3v) is 4.15. The zero-order valence-corrected chi connectivity index (χ0v) is 10.9. The van der Waals surface area contributed by atoms with Gasteiger partial charge in [0, 0.05) is 17.5 Å². The Kier molecular flexibility index (Phi) is 3.90. The van der Waals surface area contributed by atoms with Crippen molar-refractivity contribution in [2.75, 3.05) is 0 Å². The fourth-order valence-electron chi connectivity index (χ4n) is 2.82. The number of hydrogen-bond donors (Lipinski definition) is 2. The molecule has 1 aromatic carbocycles. The minimum atomic E-state index is -0.162. The zero-order chi connectivity index (χ0) is 13.0. The number of nitrogens with one attached hydrogen (secondary N) is 1. The molecule has 98 valence electrons. The van der Waals surface area contributed by atoms with E-state index in [-0.39, 0.29) is 17.1 Å². The molecular weight excluding hydrogens is 226 g/mol. The van der Waals surface area contributed by atoms with Crippen LogP contribution in [0.15, 0.2) is 24.3 Å². The fourth-order valence-corrected chi connectivity index (χ4v) is 2.82. The van der Waals surface area contributed by atoms with E-state index in [1.807, 2.05) is 12.1 Å². The van der Waals surface area contributed by atoms with Gasteiger partial charge in [-0.1, -0.05) is 38.0 Å². The monoisotopic (exact) mass is 247 g/mol. The second-order valence-corrected chi connectivity index (χ2v) is 5.15. The van der Waals surface area contributed by atoms with Gasteiger partial charge >= 0.3 is 0 Å². The molecule has 2 N–H and O–H groups in total. The number of carbonyl (C=O) groups excluding carboxylic acids is 1. The van der Waals surface area contributed by atoms with Crippen LogP contribution in [0.1, 0.15) is 44.6 Å². The lowest BCUT2D eigenvalue weighted by molar-refractivity contribution is -0.131. The number of amides is 1. The minimum Gasteiger partial charge on any atom is -0.508 e. The van der Waals surface area contributed by atoms with Gasteiger partial charge in [-0.3, -0.25) is 4.79 Å². The SMILES string of the molecule is CCC1(C(=O)NCc2ccccc2O)CCCC1. The maximum absolute atomic E-state index is 12.3. The molecule has 18 heavy (non-hydrogen) atoms. The second kappa shape index (κ2) is 5.42. The Labute approximate surface area is 108 Å². The molecular formula is C15H21NO2. The molecule has 3 nitrogen and oxygen atoms in total. The summed E-state index contributed by atoms with van der Waals surface area (Å²) in [5.41, 5.74) is 0.611. The van der Waals surface area contributed by atoms with Crippen molar-refractivity contribution in [1.82, 2.24) is 5.32 Å². The third-order valence-electron chi connectivity index (χ3n) is 4.15. The van der Waals surface area contributed by atoms with E-state index in [1.54, 1.807) is 12.1 Å². The van der Waals surface area contributed by atoms with Crippen molar-refractivity contribution in [3.8, 4) is 5.75 Å². The van der Waals surface area contributed by atoms with Crippen LogP contribution in [-0.2, 0) is 11.3 Å². The summed E-state index contributed by atoms with van der Waals surface area (Å²) in [4.78, 5) is 12.3. The van der Waals surface area contributed by atoms with Gasteiger partial charge in [0.15, 0.2) is 0 Å². The second-order valence-electron chi connectivity index (χ2n) is 5.15. The lowest BCUT2D eigenvalue weighted by atomic mass is 9.82. The average Bonchev–Trinajstić information content (AvgIpc) is 2.87. The first-order valence-electron chi connectivity index (χ1n) is 6.73. The van der Waals surface area contributed by atoms with Gasteiger partial charge in [-0.25, -0.2) is 0 Å². The molecule has 0 aromatic heterocycles. The number of benzene rings is 1. The number of phenolic OH excluding ortho intramolecular Hbond substituents is 1. The Bertz CT molecular complexity index is 422. The molecule has 0 unspecified atom stereocenters. The van der Waals surface area contributed by atoms with Crippen LogP contribution in [0.3, 0.4) is 0 Å². The van der Waals surface area contributed by atoms with Crippen LogP contribution < -0.4 is 5.32 Å². The fraction of sp³-hybridized carbons (Fsp3) is 0.533. The predicted molar refractivity (Wildman–Crippen MR) is 71.1 cm³/mol. The summed E-state index contributed by atoms with van der Waals surface area (Å²) in [6.45, 7) is 2.50. The highest BCUT2D eigenvalue weighted by Crippen LogP contribution is 2.41. The highest BCUT2D eigenvalue weighted by atomic mass is 16.3. The van der Waals surface area contributed by atoms with Crippen molar-refractivity contribution in [2.24, 2.45) is 5.41 Å². The van der Waals surface area contributed by atoms with E-state index in [2.05, 4.69) is 12.2 Å². The summed E-state index contributed by atoms with van der Waals surface area (Å²) in [6, 6.07) is 7.13. The highest BCUT2D eigenvalue weighted by molar-refractivity contribution is 5.82. The Morgan fingerprint density at radius 3 is 2.61 bits per heavy atom. The predicted octanol–water partition coefficient (Wildman–Crippen LogP) is 2.98. The molecule has 3 heteroatoms. The molecule has 0 radical (unpaired) electrons. The number of hydrogen-bond acceptors (Lipinski definition) is 2. The molecule has 1 aromatic rings. The zero-order valence-electron chi connectivity index (χ0n) is 10.9. The van der Waals surface area contributed by atoms with Crippen LogP contribution in [0.2, 0.25) is 0 Å². The molecule has 0 bridgehead atoms. The summed E-state index contributed by atoms with van der Waals surface area (Å²) in [7, 11) is 0. The van der Waals surface area contributed by atoms with Gasteiger partial charge in [-0.15, -0.1) is 0 Å². The van der Waals surface area contributed by atoms with Crippen molar-refractivity contribution >= 4 is 5.91 Å². The van der Waals surface area contributed by atoms with E-state index in [9.17, 15) is 9.90 Å². The van der Waals surface area contributed by atoms with Gasteiger partial charge in [0.2, 0.25) is 5.91 Å². The maximum atomic E-state index is 12.3. The van der Waals surface area contributed by atoms with E-state index >= 15 is 0 Å². The Morgan fingerprint density at radius 2 is 2.00 bits per heavy atom. The summed E-state index contributed by atoms with van der Waals surface area (Å²) in [6.07, 6.45) is 5.20. The van der Waals surface area contributed by atoms with Gasteiger partial charge in [0.1, 0.15) is 5.75 Å². The van der Waals surface area contributed by atoms with E-state index in [4.69, 9.17) is 0 Å². The van der Waals surface area contributed by atoms with E-state index < -0.39 is 0 Å². The molecule has 1 amide bonds. The first kappa shape index (κ1) is 12.9. The van der Waals surface area contributed by atoms with E-state index in [0.717, 1.165) is 37.7 Å². The van der Waals surface area contributed by atoms with Crippen LogP contribution in [0, 0.1) is 5.41 Å². The third kappa shape index (κ3) is 2.50. The van der Waals surface area contributed by atoms with E-state index in [1.165, 1.54) is 0 Å². The number of rotatable bonds is 4. The standard InChI is InChI=1S/C15H21NO2/c1-2-15(9-5-6-10-15)14(18)16-11-12-7-3-4-8-13(12)17/h3-4,7-8,17H,2,5-6,9-11H2,1H3,(H,16,18). The lowest BCUT2D eigenvalue weighted by Gasteiger charge is -2.26. The quantitative estimate of drug-likeness (QED) is 0.859. The van der Waals surface area contributed by atoms with E-state index in [0.29, 0.717) is 6.54 Å². The number of phenols is 1. The number of para-hydroxylation sites is 1. The highest BCUT2D eigenvalue weighted by Gasteiger charge is 2.38. The van der Waals surface area contributed by atoms with Crippen LogP contribution in [0.5, 0.6) is 5.75 Å². The molecule has 1 saturated carbocycles. The first-order chi connectivity index (χ1) is 8.68. The number of carbonyl (C=O) groups is 1. The van der Waals surface area contributed by atoms with Crippen LogP contribution >= 0.6 is 0 Å². The van der Waals surface area contributed by atoms with Crippen molar-refractivity contribution in [3.63, 3.8) is 0 Å². The summed E-state index contributed by atoms with van der Waals surface area (Å²) < 4.78 is 0. The van der Waals surface area contributed by atoms with Crippen molar-refractivity contribution < 1.29 is 9.90 Å². The maximum Gasteiger partial charge on any atom is 0.226 e. The largest absolute Gasteiger partial charge is 0.508 e. The van der Waals surface area contributed by atoms with Crippen LogP contribution in [0.25, 0.3) is 0 Å². The summed E-state index contributed by atoms with van der Waals surface area (Å²) in [5.74, 6) is 0.389. The Balaban J connectivity index is 1.98. The molecule has 1 fully saturated rings. The van der Waals surface area contributed by atoms with Crippen molar-refractivity contribution in [1.29, 1.82) is 0 Å². The molecule has 2 rings (SSSR count). The summed E-state index contributed by atoms with van der Waals surface area (Å²) >= 11 is 0. The normalized spacial score (nSPS) is 17.6. The van der Waals surface area contributed by atoms with Gasteiger partial charge in [-0.05, 0) is 25.3 Å². The Hall–Kier alpha value is -1.51. The van der Waals surface area contributed by atoms with Gasteiger partial charge in [-0.2, -0.15) is 0 Å². The first-order valence-corrected chi connectivity index (χ1v) is 6.73. The average molecular weight is 247 g/mol. The molecule has 0 heterocycles. The molecule has 0 aliphatic heterocycles. The van der Waals surface area contributed by atoms with Crippen LogP contribution in [-0.4, -0.2) is 11.0 Å². The van der Waals surface area contributed by atoms with Gasteiger partial charge < -0.3 is 10.4 Å². The smallest absolute Gasteiger partial charge is 0.226 e. The van der Waals surface area contributed by atoms with Crippen molar-refractivity contribution in [3.05, 3.63) is 29.8 Å². The molecule has 1 aliphatic carbocycles. The number of aromatic hydroxyl groups is 1. The molecule has 0 saturated heterocycles. The van der Waals surface area contributed by atoms with Gasteiger partial charge in [0.25, 0.3) is 0 Å². The van der Waals surface area contributed by atoms with Crippen molar-refractivity contribution in [2.45, 2.75) is 45.6 Å². The molecule has 0 spiro atoms. The Morgan fingerprint density at radius 1 is 1.33 bits per heavy atom. The lowest BCUT2D eigenvalue weighted by Crippen LogP contribution is -2.38. The minimum absolute atomic E-state index is 0.144.